The van der Waals surface area contributed by atoms with Gasteiger partial charge in [-0.3, -0.25) is 15.0 Å². The fourth-order valence-corrected chi connectivity index (χ4v) is 3.92. The number of nitro groups is 1. The van der Waals surface area contributed by atoms with Gasteiger partial charge >= 0.3 is 0 Å². The minimum absolute atomic E-state index is 0.0982. The van der Waals surface area contributed by atoms with Crippen LogP contribution in [0.1, 0.15) is 24.8 Å². The lowest BCUT2D eigenvalue weighted by Crippen LogP contribution is -2.52. The van der Waals surface area contributed by atoms with Gasteiger partial charge in [0.25, 0.3) is 5.69 Å². The van der Waals surface area contributed by atoms with Crippen LogP contribution in [-0.4, -0.2) is 72.2 Å². The van der Waals surface area contributed by atoms with E-state index < -0.39 is 0 Å². The third-order valence-electron chi connectivity index (χ3n) is 5.52. The number of hydrogen-bond acceptors (Lipinski definition) is 6. The van der Waals surface area contributed by atoms with Crippen LogP contribution < -0.4 is 4.90 Å². The van der Waals surface area contributed by atoms with Crippen molar-refractivity contribution in [1.29, 1.82) is 0 Å². The Labute approximate surface area is 149 Å². The van der Waals surface area contributed by atoms with E-state index >= 15 is 0 Å². The fraction of sp³-hybridized carbons (Fsp3) is 0.667. The number of hydrogen-bond donors (Lipinski definition) is 1. The Morgan fingerprint density at radius 2 is 1.96 bits per heavy atom. The van der Waals surface area contributed by atoms with E-state index in [2.05, 4.69) is 21.7 Å². The normalized spacial score (nSPS) is 23.0. The van der Waals surface area contributed by atoms with Gasteiger partial charge in [-0.2, -0.15) is 0 Å². The van der Waals surface area contributed by atoms with Crippen molar-refractivity contribution in [3.63, 3.8) is 0 Å². The zero-order chi connectivity index (χ0) is 17.8. The molecule has 25 heavy (non-hydrogen) atoms. The van der Waals surface area contributed by atoms with Crippen molar-refractivity contribution in [2.45, 2.75) is 31.9 Å². The second-order valence-corrected chi connectivity index (χ2v) is 7.16. The minimum atomic E-state index is -0.333. The molecule has 0 aromatic heterocycles. The number of nitrogens with zero attached hydrogens (tertiary/aromatic N) is 4. The summed E-state index contributed by atoms with van der Waals surface area (Å²) in [4.78, 5) is 18.0. The van der Waals surface area contributed by atoms with Crippen LogP contribution in [0.4, 0.5) is 11.4 Å². The molecule has 2 saturated heterocycles. The Morgan fingerprint density at radius 3 is 2.60 bits per heavy atom. The molecule has 1 aromatic rings. The minimum Gasteiger partial charge on any atom is -0.392 e. The van der Waals surface area contributed by atoms with Gasteiger partial charge in [0.05, 0.1) is 11.5 Å². The molecular formula is C18H28N4O3. The maximum atomic E-state index is 11.3. The van der Waals surface area contributed by atoms with E-state index in [4.69, 9.17) is 0 Å². The van der Waals surface area contributed by atoms with Gasteiger partial charge in [-0.05, 0) is 44.1 Å². The first kappa shape index (κ1) is 18.1. The largest absolute Gasteiger partial charge is 0.392 e. The van der Waals surface area contributed by atoms with Crippen LogP contribution in [0.25, 0.3) is 0 Å². The molecule has 1 unspecified atom stereocenters. The molecule has 0 aliphatic carbocycles. The third kappa shape index (κ3) is 4.29. The van der Waals surface area contributed by atoms with E-state index in [0.717, 1.165) is 32.7 Å². The highest BCUT2D eigenvalue weighted by molar-refractivity contribution is 5.64. The second-order valence-electron chi connectivity index (χ2n) is 7.16. The van der Waals surface area contributed by atoms with Crippen molar-refractivity contribution in [2.75, 3.05) is 51.2 Å². The van der Waals surface area contributed by atoms with Gasteiger partial charge in [-0.25, -0.2) is 0 Å². The van der Waals surface area contributed by atoms with Crippen molar-refractivity contribution in [3.8, 4) is 0 Å². The number of aliphatic hydroxyl groups excluding tert-OH is 1. The summed E-state index contributed by atoms with van der Waals surface area (Å²) in [6, 6.07) is 5.51. The molecule has 0 amide bonds. The predicted molar refractivity (Wildman–Crippen MR) is 97.9 cm³/mol. The fourth-order valence-electron chi connectivity index (χ4n) is 3.92. The Morgan fingerprint density at radius 1 is 1.20 bits per heavy atom. The smallest absolute Gasteiger partial charge is 0.292 e. The van der Waals surface area contributed by atoms with Crippen molar-refractivity contribution in [1.82, 2.24) is 9.80 Å². The molecule has 0 spiro atoms. The number of aliphatic hydroxyl groups is 1. The number of benzene rings is 1. The Hall–Kier alpha value is -1.70. The number of piperidine rings is 1. The summed E-state index contributed by atoms with van der Waals surface area (Å²) in [5, 5.41) is 20.7. The lowest BCUT2D eigenvalue weighted by molar-refractivity contribution is -0.384. The summed E-state index contributed by atoms with van der Waals surface area (Å²) in [5.74, 6) is 0. The van der Waals surface area contributed by atoms with Gasteiger partial charge in [0, 0.05) is 44.8 Å². The highest BCUT2D eigenvalue weighted by Gasteiger charge is 2.27. The quantitative estimate of drug-likeness (QED) is 0.645. The Kier molecular flexibility index (Phi) is 5.88. The van der Waals surface area contributed by atoms with Gasteiger partial charge < -0.3 is 14.9 Å². The zero-order valence-corrected chi connectivity index (χ0v) is 14.9. The average molecular weight is 348 g/mol. The molecule has 138 valence electrons. The molecule has 2 aliphatic heterocycles. The molecule has 1 N–H and O–H groups in total. The maximum Gasteiger partial charge on any atom is 0.292 e. The van der Waals surface area contributed by atoms with Crippen molar-refractivity contribution in [3.05, 3.63) is 33.9 Å². The number of likely N-dealkylation sites (tertiary alicyclic amines) is 1. The number of nitro benzene ring substituents is 1. The van der Waals surface area contributed by atoms with Gasteiger partial charge in [-0.1, -0.05) is 6.42 Å². The highest BCUT2D eigenvalue weighted by Crippen LogP contribution is 2.30. The Balaban J connectivity index is 1.63. The van der Waals surface area contributed by atoms with E-state index in [-0.39, 0.29) is 17.2 Å². The zero-order valence-electron chi connectivity index (χ0n) is 14.9. The van der Waals surface area contributed by atoms with Crippen LogP contribution in [0.2, 0.25) is 0 Å². The SMILES string of the molecule is CN1CCCCC1CN1CCN(c2cc(CO)ccc2[N+](=O)[O-])CC1. The van der Waals surface area contributed by atoms with Crippen LogP contribution in [0.15, 0.2) is 18.2 Å². The maximum absolute atomic E-state index is 11.3. The predicted octanol–water partition coefficient (Wildman–Crippen LogP) is 1.69. The topological polar surface area (TPSA) is 73.1 Å². The average Bonchev–Trinajstić information content (AvgIpc) is 2.63. The first-order valence-electron chi connectivity index (χ1n) is 9.14. The number of anilines is 1. The molecule has 2 fully saturated rings. The van der Waals surface area contributed by atoms with Gasteiger partial charge in [0.2, 0.25) is 0 Å². The number of likely N-dealkylation sites (N-methyl/N-ethyl adjacent to an activating group) is 1. The van der Waals surface area contributed by atoms with E-state index in [1.165, 1.54) is 31.9 Å². The molecule has 7 heteroatoms. The summed E-state index contributed by atoms with van der Waals surface area (Å²) in [7, 11) is 2.21. The Bertz CT molecular complexity index is 602. The van der Waals surface area contributed by atoms with Gasteiger partial charge in [0.15, 0.2) is 0 Å². The lowest BCUT2D eigenvalue weighted by Gasteiger charge is -2.40. The van der Waals surface area contributed by atoms with Gasteiger partial charge in [-0.15, -0.1) is 0 Å². The van der Waals surface area contributed by atoms with Crippen molar-refractivity contribution < 1.29 is 10.0 Å². The van der Waals surface area contributed by atoms with Crippen LogP contribution in [-0.2, 0) is 6.61 Å². The van der Waals surface area contributed by atoms with Crippen LogP contribution in [0.5, 0.6) is 0 Å². The summed E-state index contributed by atoms with van der Waals surface area (Å²) >= 11 is 0. The molecule has 1 atom stereocenters. The standard InChI is InChI=1S/C18H28N4O3/c1-19-7-3-2-4-16(19)13-20-8-10-21(11-9-20)18-12-15(14-23)5-6-17(18)22(24)25/h5-6,12,16,23H,2-4,7-11,13-14H2,1H3. The molecule has 2 heterocycles. The molecule has 7 nitrogen and oxygen atoms in total. The van der Waals surface area contributed by atoms with E-state index in [1.807, 2.05) is 0 Å². The molecule has 3 rings (SSSR count). The second kappa shape index (κ2) is 8.12. The third-order valence-corrected chi connectivity index (χ3v) is 5.52. The van der Waals surface area contributed by atoms with Crippen LogP contribution in [0.3, 0.4) is 0 Å². The van der Waals surface area contributed by atoms with Gasteiger partial charge in [0.1, 0.15) is 5.69 Å². The first-order valence-corrected chi connectivity index (χ1v) is 9.14. The van der Waals surface area contributed by atoms with E-state index in [0.29, 0.717) is 17.3 Å². The molecule has 0 radical (unpaired) electrons. The van der Waals surface area contributed by atoms with E-state index in [9.17, 15) is 15.2 Å². The monoisotopic (exact) mass is 348 g/mol. The van der Waals surface area contributed by atoms with Crippen molar-refractivity contribution >= 4 is 11.4 Å². The number of rotatable bonds is 5. The molecular weight excluding hydrogens is 320 g/mol. The van der Waals surface area contributed by atoms with Crippen LogP contribution >= 0.6 is 0 Å². The van der Waals surface area contributed by atoms with Crippen molar-refractivity contribution in [2.24, 2.45) is 0 Å². The van der Waals surface area contributed by atoms with Crippen LogP contribution in [0, 0.1) is 10.1 Å². The summed E-state index contributed by atoms with van der Waals surface area (Å²) < 4.78 is 0. The summed E-state index contributed by atoms with van der Waals surface area (Å²) in [6.07, 6.45) is 3.88. The molecule has 1 aromatic carbocycles. The number of piperazine rings is 1. The first-order chi connectivity index (χ1) is 12.1. The molecule has 0 bridgehead atoms. The molecule has 0 saturated carbocycles. The lowest BCUT2D eigenvalue weighted by atomic mass is 10.0. The highest BCUT2D eigenvalue weighted by atomic mass is 16.6. The summed E-state index contributed by atoms with van der Waals surface area (Å²) in [5.41, 5.74) is 1.47. The van der Waals surface area contributed by atoms with E-state index in [1.54, 1.807) is 12.1 Å². The summed E-state index contributed by atoms with van der Waals surface area (Å²) in [6.45, 7) is 5.58. The molecule has 2 aliphatic rings.